The van der Waals surface area contributed by atoms with E-state index in [9.17, 15) is 0 Å². The highest BCUT2D eigenvalue weighted by Crippen LogP contribution is 2.10. The van der Waals surface area contributed by atoms with E-state index in [0.717, 1.165) is 25.1 Å². The number of furan rings is 1. The van der Waals surface area contributed by atoms with Gasteiger partial charge in [0.25, 0.3) is 0 Å². The predicted molar refractivity (Wildman–Crippen MR) is 82.2 cm³/mol. The largest absolute Gasteiger partial charge is 0.472 e. The highest BCUT2D eigenvalue weighted by atomic mass is 16.3. The second-order valence-electron chi connectivity index (χ2n) is 4.96. The fourth-order valence-electron chi connectivity index (χ4n) is 2.01. The van der Waals surface area contributed by atoms with Crippen LogP contribution >= 0.6 is 0 Å². The van der Waals surface area contributed by atoms with Crippen molar-refractivity contribution in [2.24, 2.45) is 0 Å². The summed E-state index contributed by atoms with van der Waals surface area (Å²) in [6, 6.07) is 12.6. The average molecular weight is 267 g/mol. The fourth-order valence-corrected chi connectivity index (χ4v) is 2.01. The molecule has 20 heavy (non-hydrogen) atoms. The van der Waals surface area contributed by atoms with E-state index in [-0.39, 0.29) is 0 Å². The van der Waals surface area contributed by atoms with E-state index in [2.05, 4.69) is 30.6 Å². The number of rotatable bonds is 5. The molecular formula is C18H21NO. The van der Waals surface area contributed by atoms with Crippen molar-refractivity contribution in [1.29, 1.82) is 0 Å². The molecular weight excluding hydrogens is 246 g/mol. The molecule has 104 valence electrons. The number of hydrogen-bond acceptors (Lipinski definition) is 2. The molecule has 0 N–H and O–H groups in total. The molecule has 0 spiro atoms. The summed E-state index contributed by atoms with van der Waals surface area (Å²) in [6.07, 6.45) is 4.64. The van der Waals surface area contributed by atoms with E-state index < -0.39 is 0 Å². The quantitative estimate of drug-likeness (QED) is 0.763. The molecule has 0 bridgehead atoms. The Labute approximate surface area is 121 Å². The first kappa shape index (κ1) is 14.4. The molecule has 0 amide bonds. The molecule has 1 atom stereocenters. The van der Waals surface area contributed by atoms with Crippen molar-refractivity contribution in [3.8, 4) is 11.8 Å². The van der Waals surface area contributed by atoms with Crippen LogP contribution in [-0.4, -0.2) is 17.5 Å². The van der Waals surface area contributed by atoms with Gasteiger partial charge in [-0.15, -0.1) is 0 Å². The lowest BCUT2D eigenvalue weighted by Gasteiger charge is -2.25. The highest BCUT2D eigenvalue weighted by molar-refractivity contribution is 5.33. The second-order valence-corrected chi connectivity index (χ2v) is 4.96. The van der Waals surface area contributed by atoms with E-state index in [1.807, 2.05) is 36.4 Å². The molecule has 1 heterocycles. The predicted octanol–water partition coefficient (Wildman–Crippen LogP) is 3.93. The Morgan fingerprint density at radius 1 is 1.20 bits per heavy atom. The van der Waals surface area contributed by atoms with Crippen LogP contribution in [0.2, 0.25) is 0 Å². The molecule has 0 aliphatic heterocycles. The van der Waals surface area contributed by atoms with Gasteiger partial charge >= 0.3 is 0 Å². The van der Waals surface area contributed by atoms with Gasteiger partial charge in [0.2, 0.25) is 0 Å². The Morgan fingerprint density at radius 2 is 2.00 bits per heavy atom. The van der Waals surface area contributed by atoms with Gasteiger partial charge in [0.15, 0.2) is 0 Å². The first-order valence-corrected chi connectivity index (χ1v) is 7.08. The molecule has 1 aromatic heterocycles. The van der Waals surface area contributed by atoms with Gasteiger partial charge in [0.1, 0.15) is 0 Å². The van der Waals surface area contributed by atoms with Crippen LogP contribution in [0.25, 0.3) is 0 Å². The van der Waals surface area contributed by atoms with Crippen molar-refractivity contribution in [1.82, 2.24) is 4.90 Å². The van der Waals surface area contributed by atoms with E-state index >= 15 is 0 Å². The first-order chi connectivity index (χ1) is 9.79. The summed E-state index contributed by atoms with van der Waals surface area (Å²) in [7, 11) is 0. The Balaban J connectivity index is 1.99. The normalized spacial score (nSPS) is 11.9. The minimum Gasteiger partial charge on any atom is -0.472 e. The van der Waals surface area contributed by atoms with Crippen LogP contribution < -0.4 is 0 Å². The Kier molecular flexibility index (Phi) is 5.46. The minimum atomic E-state index is 0.509. The smallest absolute Gasteiger partial charge is 0.0947 e. The molecule has 2 heteroatoms. The van der Waals surface area contributed by atoms with E-state index in [1.165, 1.54) is 5.56 Å². The molecule has 2 rings (SSSR count). The summed E-state index contributed by atoms with van der Waals surface area (Å²) in [6.45, 7) is 6.10. The van der Waals surface area contributed by atoms with Gasteiger partial charge in [-0.25, -0.2) is 0 Å². The van der Waals surface area contributed by atoms with Crippen LogP contribution in [0, 0.1) is 11.8 Å². The first-order valence-electron chi connectivity index (χ1n) is 7.08. The Bertz CT molecular complexity index is 548. The van der Waals surface area contributed by atoms with E-state index in [0.29, 0.717) is 6.04 Å². The Morgan fingerprint density at radius 3 is 2.65 bits per heavy atom. The zero-order valence-corrected chi connectivity index (χ0v) is 12.2. The summed E-state index contributed by atoms with van der Waals surface area (Å²) >= 11 is 0. The maximum Gasteiger partial charge on any atom is 0.0947 e. The van der Waals surface area contributed by atoms with Crippen LogP contribution in [-0.2, 0) is 6.54 Å². The van der Waals surface area contributed by atoms with Crippen LogP contribution in [0.3, 0.4) is 0 Å². The van der Waals surface area contributed by atoms with Crippen molar-refractivity contribution < 1.29 is 4.42 Å². The van der Waals surface area contributed by atoms with Crippen LogP contribution in [0.4, 0.5) is 0 Å². The van der Waals surface area contributed by atoms with Crippen LogP contribution in [0.1, 0.15) is 31.4 Å². The van der Waals surface area contributed by atoms with Gasteiger partial charge in [0, 0.05) is 23.7 Å². The minimum absolute atomic E-state index is 0.509. The molecule has 2 aromatic rings. The van der Waals surface area contributed by atoms with Crippen molar-refractivity contribution in [3.05, 3.63) is 60.1 Å². The second kappa shape index (κ2) is 7.57. The summed E-state index contributed by atoms with van der Waals surface area (Å²) in [4.78, 5) is 2.38. The lowest BCUT2D eigenvalue weighted by atomic mass is 10.2. The molecule has 0 fully saturated rings. The van der Waals surface area contributed by atoms with Gasteiger partial charge in [-0.05, 0) is 31.5 Å². The third kappa shape index (κ3) is 4.29. The molecule has 0 aliphatic carbocycles. The molecule has 2 nitrogen and oxygen atoms in total. The van der Waals surface area contributed by atoms with E-state index in [4.69, 9.17) is 4.42 Å². The maximum absolute atomic E-state index is 5.14. The molecule has 0 aliphatic rings. The zero-order chi connectivity index (χ0) is 14.2. The molecule has 0 radical (unpaired) electrons. The summed E-state index contributed by atoms with van der Waals surface area (Å²) in [5.74, 6) is 6.49. The number of hydrogen-bond donors (Lipinski definition) is 0. The molecule has 1 unspecified atom stereocenters. The van der Waals surface area contributed by atoms with Gasteiger partial charge in [-0.1, -0.05) is 37.0 Å². The average Bonchev–Trinajstić information content (AvgIpc) is 2.99. The molecule has 1 aromatic carbocycles. The fraction of sp³-hybridized carbons (Fsp3) is 0.333. The third-order valence-corrected chi connectivity index (χ3v) is 3.47. The highest BCUT2D eigenvalue weighted by Gasteiger charge is 2.11. The van der Waals surface area contributed by atoms with Crippen LogP contribution in [0.15, 0.2) is 53.3 Å². The Hall–Kier alpha value is -1.98. The van der Waals surface area contributed by atoms with Gasteiger partial charge < -0.3 is 4.42 Å². The van der Waals surface area contributed by atoms with Gasteiger partial charge in [-0.2, -0.15) is 0 Å². The third-order valence-electron chi connectivity index (χ3n) is 3.47. The lowest BCUT2D eigenvalue weighted by molar-refractivity contribution is 0.220. The zero-order valence-electron chi connectivity index (χ0n) is 12.2. The molecule has 0 saturated carbocycles. The standard InChI is InChI=1S/C18H21NO/c1-3-16(2)19(14-18-11-13-20-15-18)12-7-10-17-8-5-4-6-9-17/h4-6,8-9,11,13,15-16H,3,12,14H2,1-2H3. The van der Waals surface area contributed by atoms with Gasteiger partial charge in [-0.3, -0.25) is 4.90 Å². The monoisotopic (exact) mass is 267 g/mol. The summed E-state index contributed by atoms with van der Waals surface area (Å²) in [5.41, 5.74) is 2.27. The number of nitrogens with zero attached hydrogens (tertiary/aromatic N) is 1. The van der Waals surface area contributed by atoms with Gasteiger partial charge in [0.05, 0.1) is 19.1 Å². The summed E-state index contributed by atoms with van der Waals surface area (Å²) < 4.78 is 5.14. The van der Waals surface area contributed by atoms with Crippen molar-refractivity contribution in [2.45, 2.75) is 32.9 Å². The maximum atomic E-state index is 5.14. The number of benzene rings is 1. The summed E-state index contributed by atoms with van der Waals surface area (Å²) in [5, 5.41) is 0. The van der Waals surface area contributed by atoms with Crippen molar-refractivity contribution in [2.75, 3.05) is 6.54 Å². The van der Waals surface area contributed by atoms with Crippen LogP contribution in [0.5, 0.6) is 0 Å². The SMILES string of the molecule is CCC(C)N(CC#Cc1ccccc1)Cc1ccoc1. The van der Waals surface area contributed by atoms with Crippen molar-refractivity contribution in [3.63, 3.8) is 0 Å². The van der Waals surface area contributed by atoms with E-state index in [1.54, 1.807) is 12.5 Å². The molecule has 0 saturated heterocycles. The topological polar surface area (TPSA) is 16.4 Å². The lowest BCUT2D eigenvalue weighted by Crippen LogP contribution is -2.32. The van der Waals surface area contributed by atoms with Crippen molar-refractivity contribution >= 4 is 0 Å².